The van der Waals surface area contributed by atoms with E-state index in [0.29, 0.717) is 23.3 Å². The highest BCUT2D eigenvalue weighted by molar-refractivity contribution is 5.96. The lowest BCUT2D eigenvalue weighted by molar-refractivity contribution is 0.0924. The highest BCUT2D eigenvalue weighted by Crippen LogP contribution is 2.38. The van der Waals surface area contributed by atoms with Gasteiger partial charge in [0.1, 0.15) is 11.6 Å². The molecular weight excluding hydrogens is 396 g/mol. The molecule has 0 saturated carbocycles. The molecule has 3 heterocycles. The summed E-state index contributed by atoms with van der Waals surface area (Å²) >= 11 is 0. The minimum absolute atomic E-state index is 0.0509. The van der Waals surface area contributed by atoms with Crippen molar-refractivity contribution in [1.82, 2.24) is 10.3 Å². The fraction of sp³-hybridized carbons (Fsp3) is 0.435. The normalized spacial score (nSPS) is 22.3. The van der Waals surface area contributed by atoms with Gasteiger partial charge >= 0.3 is 0 Å². The van der Waals surface area contributed by atoms with E-state index < -0.39 is 5.91 Å². The topological polar surface area (TPSA) is 118 Å². The standard InChI is InChI=1S/C23H28N4O4/c1-31-20-4-2-3-19(18(20)9-10-28)23(30)26-15-11-16-6-7-17(12-15)27(16)21-8-5-14(13-25-21)22(24)29/h2-5,8,13,15-17,28H,6-7,9-12H2,1H3,(H2,24,29)(H,26,30). The number of nitrogens with zero attached hydrogens (tertiary/aromatic N) is 2. The fourth-order valence-corrected chi connectivity index (χ4v) is 4.96. The second-order valence-corrected chi connectivity index (χ2v) is 8.16. The first-order valence-electron chi connectivity index (χ1n) is 10.6. The van der Waals surface area contributed by atoms with Crippen LogP contribution in [0.25, 0.3) is 0 Å². The Labute approximate surface area is 181 Å². The minimum Gasteiger partial charge on any atom is -0.496 e. The number of carbonyl (C=O) groups excluding carboxylic acids is 2. The number of nitrogens with two attached hydrogens (primary N) is 1. The highest BCUT2D eigenvalue weighted by atomic mass is 16.5. The average molecular weight is 425 g/mol. The molecule has 0 aliphatic carbocycles. The SMILES string of the molecule is COc1cccc(C(=O)NC2CC3CCC(C2)N3c2ccc(C(N)=O)cn2)c1CCO. The number of carbonyl (C=O) groups is 2. The van der Waals surface area contributed by atoms with Gasteiger partial charge in [-0.1, -0.05) is 6.07 Å². The van der Waals surface area contributed by atoms with Crippen LogP contribution in [0.1, 0.15) is 52.0 Å². The number of aromatic nitrogens is 1. The molecule has 8 nitrogen and oxygen atoms in total. The summed E-state index contributed by atoms with van der Waals surface area (Å²) in [5.74, 6) is 0.841. The number of pyridine rings is 1. The molecule has 2 bridgehead atoms. The van der Waals surface area contributed by atoms with Crippen molar-refractivity contribution in [3.05, 3.63) is 53.2 Å². The predicted octanol–water partition coefficient (Wildman–Crippen LogP) is 1.65. The van der Waals surface area contributed by atoms with E-state index in [9.17, 15) is 14.7 Å². The molecule has 1 aromatic heterocycles. The van der Waals surface area contributed by atoms with E-state index in [0.717, 1.165) is 37.1 Å². The number of amides is 2. The lowest BCUT2D eigenvalue weighted by Gasteiger charge is -2.40. The molecule has 0 radical (unpaired) electrons. The average Bonchev–Trinajstić information content (AvgIpc) is 3.04. The Bertz CT molecular complexity index is 949. The predicted molar refractivity (Wildman–Crippen MR) is 116 cm³/mol. The zero-order valence-corrected chi connectivity index (χ0v) is 17.6. The molecule has 31 heavy (non-hydrogen) atoms. The van der Waals surface area contributed by atoms with Gasteiger partial charge in [-0.15, -0.1) is 0 Å². The van der Waals surface area contributed by atoms with Crippen LogP contribution in [0.3, 0.4) is 0 Å². The van der Waals surface area contributed by atoms with Gasteiger partial charge in [0, 0.05) is 42.1 Å². The Morgan fingerprint density at radius 3 is 2.55 bits per heavy atom. The lowest BCUT2D eigenvalue weighted by Crippen LogP contribution is -2.51. The van der Waals surface area contributed by atoms with Crippen LogP contribution < -0.4 is 20.7 Å². The summed E-state index contributed by atoms with van der Waals surface area (Å²) in [6.07, 6.45) is 5.65. The Hall–Kier alpha value is -3.13. The molecule has 2 unspecified atom stereocenters. The summed E-state index contributed by atoms with van der Waals surface area (Å²) in [6.45, 7) is -0.0509. The van der Waals surface area contributed by atoms with E-state index in [-0.39, 0.29) is 30.6 Å². The molecule has 2 aromatic rings. The number of methoxy groups -OCH3 is 1. The van der Waals surface area contributed by atoms with Crippen molar-refractivity contribution in [3.63, 3.8) is 0 Å². The van der Waals surface area contributed by atoms with Crippen molar-refractivity contribution in [3.8, 4) is 5.75 Å². The zero-order valence-electron chi connectivity index (χ0n) is 17.6. The summed E-state index contributed by atoms with van der Waals surface area (Å²) < 4.78 is 5.38. The van der Waals surface area contributed by atoms with Crippen LogP contribution in [-0.2, 0) is 6.42 Å². The van der Waals surface area contributed by atoms with Crippen molar-refractivity contribution >= 4 is 17.6 Å². The van der Waals surface area contributed by atoms with E-state index in [1.54, 1.807) is 31.4 Å². The van der Waals surface area contributed by atoms with Crippen LogP contribution in [0.5, 0.6) is 5.75 Å². The Morgan fingerprint density at radius 1 is 1.23 bits per heavy atom. The van der Waals surface area contributed by atoms with E-state index in [4.69, 9.17) is 10.5 Å². The quantitative estimate of drug-likeness (QED) is 0.622. The number of anilines is 1. The van der Waals surface area contributed by atoms with E-state index in [1.165, 1.54) is 6.20 Å². The first-order valence-corrected chi connectivity index (χ1v) is 10.6. The number of rotatable bonds is 7. The fourth-order valence-electron chi connectivity index (χ4n) is 4.96. The maximum Gasteiger partial charge on any atom is 0.251 e. The van der Waals surface area contributed by atoms with E-state index >= 15 is 0 Å². The second kappa shape index (κ2) is 8.93. The number of ether oxygens (including phenoxy) is 1. The molecule has 4 N–H and O–H groups in total. The van der Waals surface area contributed by atoms with Crippen molar-refractivity contribution in [1.29, 1.82) is 0 Å². The van der Waals surface area contributed by atoms with Crippen LogP contribution in [-0.4, -0.2) is 53.7 Å². The van der Waals surface area contributed by atoms with Crippen molar-refractivity contribution in [2.75, 3.05) is 18.6 Å². The Morgan fingerprint density at radius 2 is 1.97 bits per heavy atom. The number of benzene rings is 1. The monoisotopic (exact) mass is 424 g/mol. The Kier molecular flexibility index (Phi) is 6.08. The first-order chi connectivity index (χ1) is 15.0. The number of aliphatic hydroxyl groups is 1. The third kappa shape index (κ3) is 4.20. The molecule has 164 valence electrons. The molecule has 2 atom stereocenters. The number of piperidine rings is 1. The summed E-state index contributed by atoms with van der Waals surface area (Å²) in [7, 11) is 1.56. The molecule has 0 spiro atoms. The van der Waals surface area contributed by atoms with Gasteiger partial charge in [0.25, 0.3) is 5.91 Å². The maximum atomic E-state index is 13.0. The number of hydrogen-bond donors (Lipinski definition) is 3. The molecule has 2 fully saturated rings. The van der Waals surface area contributed by atoms with E-state index in [1.807, 2.05) is 6.07 Å². The lowest BCUT2D eigenvalue weighted by atomic mass is 9.96. The van der Waals surface area contributed by atoms with Gasteiger partial charge in [-0.2, -0.15) is 0 Å². The molecule has 2 saturated heterocycles. The molecule has 8 heteroatoms. The van der Waals surface area contributed by atoms with Crippen LogP contribution in [0.4, 0.5) is 5.82 Å². The van der Waals surface area contributed by atoms with Crippen LogP contribution in [0, 0.1) is 0 Å². The zero-order chi connectivity index (χ0) is 22.0. The molecule has 2 aliphatic heterocycles. The van der Waals surface area contributed by atoms with E-state index in [2.05, 4.69) is 15.2 Å². The van der Waals surface area contributed by atoms with Crippen LogP contribution in [0.2, 0.25) is 0 Å². The highest BCUT2D eigenvalue weighted by Gasteiger charge is 2.42. The number of aliphatic hydroxyl groups excluding tert-OH is 1. The number of fused-ring (bicyclic) bond motifs is 2. The molecule has 2 amide bonds. The van der Waals surface area contributed by atoms with Gasteiger partial charge in [-0.05, 0) is 56.4 Å². The van der Waals surface area contributed by atoms with Gasteiger partial charge in [0.15, 0.2) is 0 Å². The summed E-state index contributed by atoms with van der Waals surface area (Å²) in [5, 5.41) is 12.6. The van der Waals surface area contributed by atoms with Crippen molar-refractivity contribution in [2.45, 2.75) is 50.2 Å². The summed E-state index contributed by atoms with van der Waals surface area (Å²) in [4.78, 5) is 31.1. The van der Waals surface area contributed by atoms with Gasteiger partial charge in [-0.25, -0.2) is 4.98 Å². The third-order valence-electron chi connectivity index (χ3n) is 6.32. The largest absolute Gasteiger partial charge is 0.496 e. The van der Waals surface area contributed by atoms with Gasteiger partial charge in [0.2, 0.25) is 5.91 Å². The summed E-state index contributed by atoms with van der Waals surface area (Å²) in [5.41, 5.74) is 6.99. The smallest absolute Gasteiger partial charge is 0.251 e. The van der Waals surface area contributed by atoms with Gasteiger partial charge in [0.05, 0.1) is 12.7 Å². The van der Waals surface area contributed by atoms with Crippen molar-refractivity contribution < 1.29 is 19.4 Å². The van der Waals surface area contributed by atoms with Gasteiger partial charge in [-0.3, -0.25) is 9.59 Å². The molecular formula is C23H28N4O4. The molecule has 2 aliphatic rings. The minimum atomic E-state index is -0.485. The van der Waals surface area contributed by atoms with Crippen LogP contribution >= 0.6 is 0 Å². The number of primary amides is 1. The number of nitrogens with one attached hydrogen (secondary N) is 1. The van der Waals surface area contributed by atoms with Gasteiger partial charge < -0.3 is 25.8 Å². The third-order valence-corrected chi connectivity index (χ3v) is 6.32. The molecule has 4 rings (SSSR count). The molecule has 1 aromatic carbocycles. The first kappa shape index (κ1) is 21.1. The second-order valence-electron chi connectivity index (χ2n) is 8.16. The maximum absolute atomic E-state index is 13.0. The number of hydrogen-bond acceptors (Lipinski definition) is 6. The Balaban J connectivity index is 1.46. The summed E-state index contributed by atoms with van der Waals surface area (Å²) in [6, 6.07) is 9.58. The van der Waals surface area contributed by atoms with Crippen molar-refractivity contribution in [2.24, 2.45) is 5.73 Å². The van der Waals surface area contributed by atoms with Crippen LogP contribution in [0.15, 0.2) is 36.5 Å².